The Kier molecular flexibility index (Phi) is 12.3. The average Bonchev–Trinajstić information content (AvgIpc) is 3.11. The van der Waals surface area contributed by atoms with Crippen LogP contribution in [0, 0.1) is 6.92 Å². The third-order valence-electron chi connectivity index (χ3n) is 3.31. The van der Waals surface area contributed by atoms with Crippen LogP contribution in [-0.4, -0.2) is 5.43 Å². The molecule has 0 saturated heterocycles. The van der Waals surface area contributed by atoms with Gasteiger partial charge >= 0.3 is 41.9 Å². The molecule has 0 spiro atoms. The molecule has 4 aromatic rings. The minimum Gasteiger partial charge on any atom is -1.00 e. The topological polar surface area (TPSA) is 0 Å². The minimum absolute atomic E-state index is 0. The molecule has 0 nitrogen and oxygen atoms in total. The van der Waals surface area contributed by atoms with Gasteiger partial charge in [0, 0.05) is 0 Å². The number of fused-ring (bicyclic) bond motifs is 2. The maximum Gasteiger partial charge on any atom is -0.0579 e. The van der Waals surface area contributed by atoms with Crippen LogP contribution in [0.4, 0.5) is 0 Å². The van der Waals surface area contributed by atoms with Crippen LogP contribution in [0.2, 0.25) is 13.1 Å². The van der Waals surface area contributed by atoms with E-state index in [0.29, 0.717) is 0 Å². The summed E-state index contributed by atoms with van der Waals surface area (Å²) in [5.74, 6) is 0. The van der Waals surface area contributed by atoms with E-state index in [0.717, 1.165) is 0 Å². The van der Waals surface area contributed by atoms with E-state index in [1.54, 1.807) is 23.3 Å². The van der Waals surface area contributed by atoms with Crippen LogP contribution in [0.5, 0.6) is 0 Å². The molecule has 0 heterocycles. The van der Waals surface area contributed by atoms with Crippen molar-refractivity contribution in [1.29, 1.82) is 0 Å². The molecule has 130 valence electrons. The summed E-state index contributed by atoms with van der Waals surface area (Å²) in [6.45, 7) is 6.74. The second-order valence-electron chi connectivity index (χ2n) is 5.82. The van der Waals surface area contributed by atoms with E-state index in [-0.39, 0.29) is 30.2 Å². The van der Waals surface area contributed by atoms with Gasteiger partial charge in [0.05, 0.1) is 0 Å². The van der Waals surface area contributed by atoms with Crippen LogP contribution >= 0.6 is 0 Å². The second kappa shape index (κ2) is 12.7. The summed E-state index contributed by atoms with van der Waals surface area (Å²) in [6.07, 6.45) is 0. The van der Waals surface area contributed by atoms with Gasteiger partial charge in [0.1, 0.15) is 0 Å². The van der Waals surface area contributed by atoms with E-state index in [2.05, 4.69) is 98.9 Å². The standard InChI is InChI=1S/C10H9.C9H7.C2H6Si.2ClH.Zr/c1-8-6-9-4-2-3-5-10(9)7-8;1-2-5-9-7-3-6-8(9)4-1;1-3-2;;;/h2-7H,1H3;1-7H;1-2H3;2*1H;/q2*-1;;;;+2/p-2. The first-order chi connectivity index (χ1) is 11.1. The number of rotatable bonds is 0. The minimum atomic E-state index is 0. The van der Waals surface area contributed by atoms with Gasteiger partial charge in [-0.15, -0.1) is 70.3 Å². The maximum atomic E-state index is 2.31. The van der Waals surface area contributed by atoms with Gasteiger partial charge in [0.15, 0.2) is 0 Å². The number of hydrogen-bond acceptors (Lipinski definition) is 0. The summed E-state index contributed by atoms with van der Waals surface area (Å²) < 4.78 is 0. The van der Waals surface area contributed by atoms with E-state index < -0.39 is 0 Å². The summed E-state index contributed by atoms with van der Waals surface area (Å²) in [7, 11) is 0. The Morgan fingerprint density at radius 3 is 1.88 bits per heavy atom. The monoisotopic (exact) mass is 462 g/mol. The fourth-order valence-corrected chi connectivity index (χ4v) is 2.38. The van der Waals surface area contributed by atoms with Crippen molar-refractivity contribution in [1.82, 2.24) is 0 Å². The Hall–Kier alpha value is -0.660. The molecule has 0 aliphatic rings. The normalized spacial score (nSPS) is 9.00. The molecule has 0 amide bonds. The molecular weight excluding hydrogens is 442 g/mol. The van der Waals surface area contributed by atoms with Crippen LogP contribution in [0.3, 0.4) is 0 Å². The summed E-state index contributed by atoms with van der Waals surface area (Å²) >= 11 is 1.74. The van der Waals surface area contributed by atoms with E-state index in [1.807, 2.05) is 0 Å². The molecule has 4 rings (SSSR count). The molecule has 4 heteroatoms. The molecule has 0 N–H and O–H groups in total. The van der Waals surface area contributed by atoms with Gasteiger partial charge in [-0.3, -0.25) is 0 Å². The first-order valence-corrected chi connectivity index (χ1v) is 14.0. The third-order valence-corrected chi connectivity index (χ3v) is 3.31. The van der Waals surface area contributed by atoms with Crippen LogP contribution in [0.1, 0.15) is 5.56 Å². The summed E-state index contributed by atoms with van der Waals surface area (Å²) in [4.78, 5) is 0. The summed E-state index contributed by atoms with van der Waals surface area (Å²) in [5, 5.41) is 5.36. The number of hydrogen-bond donors (Lipinski definition) is 0. The van der Waals surface area contributed by atoms with E-state index in [4.69, 9.17) is 0 Å². The predicted octanol–water partition coefficient (Wildman–Crippen LogP) is 0.218. The third kappa shape index (κ3) is 8.51. The van der Waals surface area contributed by atoms with Crippen LogP contribution in [-0.2, 0) is 23.3 Å². The van der Waals surface area contributed by atoms with Crippen molar-refractivity contribution in [2.75, 3.05) is 0 Å². The van der Waals surface area contributed by atoms with Crippen LogP contribution in [0.15, 0.2) is 78.9 Å². The van der Waals surface area contributed by atoms with Crippen molar-refractivity contribution < 1.29 is 48.1 Å². The zero-order chi connectivity index (χ0) is 16.7. The van der Waals surface area contributed by atoms with Crippen molar-refractivity contribution in [3.05, 3.63) is 84.4 Å². The van der Waals surface area contributed by atoms with Gasteiger partial charge in [0.25, 0.3) is 0 Å². The van der Waals surface area contributed by atoms with Crippen molar-refractivity contribution in [2.45, 2.75) is 20.0 Å². The largest absolute Gasteiger partial charge is 1.00 e. The molecule has 25 heavy (non-hydrogen) atoms. The van der Waals surface area contributed by atoms with Crippen LogP contribution < -0.4 is 24.8 Å². The van der Waals surface area contributed by atoms with Gasteiger partial charge in [-0.2, -0.15) is 23.6 Å². The fourth-order valence-electron chi connectivity index (χ4n) is 2.38. The fraction of sp³-hybridized carbons (Fsp3) is 0.143. The van der Waals surface area contributed by atoms with E-state index in [1.165, 1.54) is 27.1 Å². The Morgan fingerprint density at radius 1 is 0.800 bits per heavy atom. The zero-order valence-corrected chi connectivity index (χ0v) is 19.7. The SMILES string of the molecule is C[Si](C)=[Zr+2].Cc1cc2ccccc2[cH-]1.[Cl-].[Cl-].c1ccc2[cH-]ccc2c1. The van der Waals surface area contributed by atoms with Crippen molar-refractivity contribution >= 4 is 27.0 Å². The molecule has 0 aliphatic carbocycles. The van der Waals surface area contributed by atoms with Gasteiger partial charge < -0.3 is 24.8 Å². The Balaban J connectivity index is 0.000000360. The Morgan fingerprint density at radius 2 is 1.32 bits per heavy atom. The molecule has 0 aliphatic heterocycles. The number of halogens is 2. The van der Waals surface area contributed by atoms with Gasteiger partial charge in [-0.05, 0) is 0 Å². The molecule has 0 atom stereocenters. The van der Waals surface area contributed by atoms with Gasteiger partial charge in [-0.1, -0.05) is 19.1 Å². The first-order valence-electron chi connectivity index (χ1n) is 7.80. The molecule has 0 aromatic heterocycles. The molecule has 0 bridgehead atoms. The van der Waals surface area contributed by atoms with Gasteiger partial charge in [-0.25, -0.2) is 0 Å². The van der Waals surface area contributed by atoms with Crippen LogP contribution in [0.25, 0.3) is 21.5 Å². The van der Waals surface area contributed by atoms with Crippen molar-refractivity contribution in [3.8, 4) is 0 Å². The van der Waals surface area contributed by atoms with Crippen molar-refractivity contribution in [3.63, 3.8) is 0 Å². The first kappa shape index (κ1) is 24.3. The zero-order valence-electron chi connectivity index (χ0n) is 14.8. The molecule has 0 unspecified atom stereocenters. The molecule has 0 saturated carbocycles. The molecular formula is C21H22Cl2SiZr-2. The summed E-state index contributed by atoms with van der Waals surface area (Å²) in [5.41, 5.74) is 1.56. The smallest absolute Gasteiger partial charge is 0.0579 e. The average molecular weight is 465 g/mol. The Labute approximate surface area is 178 Å². The molecule has 0 radical (unpaired) electrons. The van der Waals surface area contributed by atoms with Crippen molar-refractivity contribution in [2.24, 2.45) is 0 Å². The quantitative estimate of drug-likeness (QED) is 0.258. The Bertz CT molecular complexity index is 826. The molecule has 0 fully saturated rings. The predicted molar refractivity (Wildman–Crippen MR) is 101 cm³/mol. The number of benzene rings is 2. The summed E-state index contributed by atoms with van der Waals surface area (Å²) in [6, 6.07) is 27.5. The second-order valence-corrected chi connectivity index (χ2v) is 15.2. The van der Waals surface area contributed by atoms with E-state index >= 15 is 0 Å². The number of aryl methyl sites for hydroxylation is 1. The van der Waals surface area contributed by atoms with Gasteiger partial charge in [0.2, 0.25) is 0 Å². The molecule has 4 aromatic carbocycles. The maximum absolute atomic E-state index is 2.31. The van der Waals surface area contributed by atoms with E-state index in [9.17, 15) is 0 Å².